The molecule has 1 amide bonds. The van der Waals surface area contributed by atoms with Crippen LogP contribution in [0.15, 0.2) is 88.3 Å². The Hall–Kier alpha value is -3.66. The topological polar surface area (TPSA) is 54.6 Å². The van der Waals surface area contributed by atoms with Crippen LogP contribution < -0.4 is 10.9 Å². The normalized spacial score (nSPS) is 11.6. The van der Waals surface area contributed by atoms with Crippen molar-refractivity contribution in [3.63, 3.8) is 0 Å². The lowest BCUT2D eigenvalue weighted by molar-refractivity contribution is 0.102. The Labute approximate surface area is 163 Å². The molecule has 4 heteroatoms. The second-order valence-electron chi connectivity index (χ2n) is 6.72. The van der Waals surface area contributed by atoms with E-state index in [0.717, 1.165) is 27.9 Å². The fraction of sp³-hybridized carbons (Fsp3) is 0.0833. The highest BCUT2D eigenvalue weighted by Crippen LogP contribution is 2.20. The lowest BCUT2D eigenvalue weighted by atomic mass is 10.1. The predicted octanol–water partition coefficient (Wildman–Crippen LogP) is 5.53. The minimum atomic E-state index is -0.259. The first kappa shape index (κ1) is 17.7. The predicted molar refractivity (Wildman–Crippen MR) is 112 cm³/mol. The summed E-state index contributed by atoms with van der Waals surface area (Å²) < 4.78 is 6.02. The van der Waals surface area contributed by atoms with Crippen LogP contribution in [0.1, 0.15) is 21.5 Å². The molecule has 3 aromatic carbocycles. The van der Waals surface area contributed by atoms with Gasteiger partial charge in [0, 0.05) is 11.1 Å². The molecule has 0 fully saturated rings. The van der Waals surface area contributed by atoms with Crippen LogP contribution in [-0.2, 0) is 0 Å². The summed E-state index contributed by atoms with van der Waals surface area (Å²) in [7, 11) is 0. The first-order valence-electron chi connectivity index (χ1n) is 9.11. The Morgan fingerprint density at radius 1 is 0.893 bits per heavy atom. The smallest absolute Gasteiger partial charge is 0.261 e. The Morgan fingerprint density at radius 2 is 1.64 bits per heavy atom. The zero-order valence-corrected chi connectivity index (χ0v) is 15.8. The van der Waals surface area contributed by atoms with Gasteiger partial charge in [-0.25, -0.2) is 4.99 Å². The van der Waals surface area contributed by atoms with E-state index in [4.69, 9.17) is 4.42 Å². The second-order valence-corrected chi connectivity index (χ2v) is 6.72. The van der Waals surface area contributed by atoms with Crippen molar-refractivity contribution < 1.29 is 9.21 Å². The number of carbonyl (C=O) groups excluding carboxylic acids is 1. The number of hydrogen-bond acceptors (Lipinski definition) is 3. The summed E-state index contributed by atoms with van der Waals surface area (Å²) in [6.07, 6.45) is 0. The molecular weight excluding hydrogens is 348 g/mol. The summed E-state index contributed by atoms with van der Waals surface area (Å²) in [6.45, 7) is 4.00. The van der Waals surface area contributed by atoms with Gasteiger partial charge in [0.15, 0.2) is 0 Å². The van der Waals surface area contributed by atoms with Crippen LogP contribution in [0.2, 0.25) is 0 Å². The van der Waals surface area contributed by atoms with Crippen LogP contribution in [0.5, 0.6) is 0 Å². The molecule has 0 saturated heterocycles. The lowest BCUT2D eigenvalue weighted by Crippen LogP contribution is -2.21. The van der Waals surface area contributed by atoms with Gasteiger partial charge in [-0.1, -0.05) is 48.5 Å². The number of hydrogen-bond donors (Lipinski definition) is 1. The second kappa shape index (κ2) is 7.53. The van der Waals surface area contributed by atoms with Gasteiger partial charge in [-0.2, -0.15) is 0 Å². The van der Waals surface area contributed by atoms with Crippen LogP contribution in [0, 0.1) is 13.8 Å². The summed E-state index contributed by atoms with van der Waals surface area (Å²) in [4.78, 5) is 17.7. The highest BCUT2D eigenvalue weighted by atomic mass is 16.3. The quantitative estimate of drug-likeness (QED) is 0.516. The Bertz CT molecular complexity index is 1220. The van der Waals surface area contributed by atoms with Crippen LogP contribution in [0.4, 0.5) is 11.4 Å². The molecule has 0 bridgehead atoms. The van der Waals surface area contributed by atoms with Gasteiger partial charge in [0.1, 0.15) is 11.1 Å². The number of carbonyl (C=O) groups is 1. The number of nitrogens with one attached hydrogen (secondary N) is 1. The van der Waals surface area contributed by atoms with Crippen molar-refractivity contribution in [3.05, 3.63) is 101 Å². The minimum absolute atomic E-state index is 0.259. The van der Waals surface area contributed by atoms with Crippen molar-refractivity contribution >= 4 is 28.3 Å². The molecule has 0 aliphatic rings. The van der Waals surface area contributed by atoms with Crippen LogP contribution in [0.3, 0.4) is 0 Å². The number of para-hydroxylation sites is 2. The molecule has 4 nitrogen and oxygen atoms in total. The Balaban J connectivity index is 1.88. The summed E-state index contributed by atoms with van der Waals surface area (Å²) in [6, 6.07) is 24.8. The first-order chi connectivity index (χ1) is 13.6. The van der Waals surface area contributed by atoms with Crippen LogP contribution in [-0.4, -0.2) is 5.91 Å². The fourth-order valence-electron chi connectivity index (χ4n) is 2.98. The monoisotopic (exact) mass is 368 g/mol. The molecule has 28 heavy (non-hydrogen) atoms. The fourth-order valence-corrected chi connectivity index (χ4v) is 2.98. The van der Waals surface area contributed by atoms with Gasteiger partial charge in [0.2, 0.25) is 5.55 Å². The number of benzene rings is 3. The van der Waals surface area contributed by atoms with Crippen LogP contribution in [0.25, 0.3) is 11.0 Å². The number of nitrogens with zero attached hydrogens (tertiary/aromatic N) is 1. The van der Waals surface area contributed by atoms with Crippen molar-refractivity contribution in [3.8, 4) is 0 Å². The van der Waals surface area contributed by atoms with Gasteiger partial charge in [-0.3, -0.25) is 4.79 Å². The highest BCUT2D eigenvalue weighted by molar-refractivity contribution is 6.05. The SMILES string of the molecule is Cc1ccc(C)c(N=c2oc3ccccc3cc2C(=O)Nc2ccccc2)c1. The van der Waals surface area contributed by atoms with E-state index in [9.17, 15) is 4.79 Å². The summed E-state index contributed by atoms with van der Waals surface area (Å²) >= 11 is 0. The maximum absolute atomic E-state index is 13.0. The van der Waals surface area contributed by atoms with Crippen molar-refractivity contribution in [2.45, 2.75) is 13.8 Å². The van der Waals surface area contributed by atoms with E-state index in [0.29, 0.717) is 16.7 Å². The molecule has 0 atom stereocenters. The highest BCUT2D eigenvalue weighted by Gasteiger charge is 2.13. The van der Waals surface area contributed by atoms with E-state index in [1.807, 2.05) is 92.7 Å². The number of anilines is 1. The zero-order valence-electron chi connectivity index (χ0n) is 15.8. The van der Waals surface area contributed by atoms with Gasteiger partial charge >= 0.3 is 0 Å². The molecule has 1 aromatic heterocycles. The molecule has 0 aliphatic heterocycles. The molecule has 4 rings (SSSR count). The lowest BCUT2D eigenvalue weighted by Gasteiger charge is -2.07. The Morgan fingerprint density at radius 3 is 2.46 bits per heavy atom. The van der Waals surface area contributed by atoms with E-state index in [1.165, 1.54) is 0 Å². The molecule has 138 valence electrons. The first-order valence-corrected chi connectivity index (χ1v) is 9.11. The molecule has 4 aromatic rings. The van der Waals surface area contributed by atoms with Gasteiger partial charge < -0.3 is 9.73 Å². The van der Waals surface area contributed by atoms with Crippen molar-refractivity contribution in [2.75, 3.05) is 5.32 Å². The van der Waals surface area contributed by atoms with Crippen LogP contribution >= 0.6 is 0 Å². The number of amides is 1. The maximum Gasteiger partial charge on any atom is 0.261 e. The maximum atomic E-state index is 13.0. The number of aryl methyl sites for hydroxylation is 2. The average molecular weight is 368 g/mol. The van der Waals surface area contributed by atoms with E-state index in [1.54, 1.807) is 0 Å². The van der Waals surface area contributed by atoms with E-state index in [2.05, 4.69) is 10.3 Å². The van der Waals surface area contributed by atoms with E-state index in [-0.39, 0.29) is 5.91 Å². The summed E-state index contributed by atoms with van der Waals surface area (Å²) in [5.41, 5.74) is 4.99. The molecule has 0 spiro atoms. The molecule has 0 radical (unpaired) electrons. The third-order valence-corrected chi connectivity index (χ3v) is 4.52. The van der Waals surface area contributed by atoms with E-state index >= 15 is 0 Å². The van der Waals surface area contributed by atoms with E-state index < -0.39 is 0 Å². The molecular formula is C24H20N2O2. The third-order valence-electron chi connectivity index (χ3n) is 4.52. The standard InChI is InChI=1S/C24H20N2O2/c1-16-12-13-17(2)21(14-16)26-24-20(15-18-8-6-7-11-22(18)28-24)23(27)25-19-9-4-3-5-10-19/h3-15H,1-2H3,(H,25,27). The number of fused-ring (bicyclic) bond motifs is 1. The van der Waals surface area contributed by atoms with Gasteiger partial charge in [0.25, 0.3) is 5.91 Å². The third kappa shape index (κ3) is 3.71. The molecule has 0 saturated carbocycles. The van der Waals surface area contributed by atoms with Crippen molar-refractivity contribution in [1.82, 2.24) is 0 Å². The average Bonchev–Trinajstić information content (AvgIpc) is 2.71. The van der Waals surface area contributed by atoms with Crippen molar-refractivity contribution in [1.29, 1.82) is 0 Å². The van der Waals surface area contributed by atoms with Gasteiger partial charge in [-0.05, 0) is 55.3 Å². The van der Waals surface area contributed by atoms with Crippen molar-refractivity contribution in [2.24, 2.45) is 4.99 Å². The summed E-state index contributed by atoms with van der Waals surface area (Å²) in [5.74, 6) is -0.259. The van der Waals surface area contributed by atoms with Gasteiger partial charge in [-0.15, -0.1) is 0 Å². The largest absolute Gasteiger partial charge is 0.438 e. The minimum Gasteiger partial charge on any atom is -0.438 e. The molecule has 0 aliphatic carbocycles. The van der Waals surface area contributed by atoms with Gasteiger partial charge in [0.05, 0.1) is 5.69 Å². The molecule has 0 unspecified atom stereocenters. The number of rotatable bonds is 3. The zero-order chi connectivity index (χ0) is 19.5. The summed E-state index contributed by atoms with van der Waals surface area (Å²) in [5, 5.41) is 3.76. The molecule has 1 heterocycles. The Kier molecular flexibility index (Phi) is 4.77. The molecule has 1 N–H and O–H groups in total.